The first-order chi connectivity index (χ1) is 31.5. The Morgan fingerprint density at radius 3 is 1.91 bits per heavy atom. The van der Waals surface area contributed by atoms with E-state index in [1.54, 1.807) is 20.0 Å². The Morgan fingerprint density at radius 1 is 0.682 bits per heavy atom. The van der Waals surface area contributed by atoms with Gasteiger partial charge in [-0.1, -0.05) is 104 Å². The zero-order valence-corrected chi connectivity index (χ0v) is 40.3. The van der Waals surface area contributed by atoms with Crippen molar-refractivity contribution in [1.29, 1.82) is 0 Å². The highest BCUT2D eigenvalue weighted by Crippen LogP contribution is 2.29. The van der Waals surface area contributed by atoms with Gasteiger partial charge in [0.2, 0.25) is 11.8 Å². The Labute approximate surface area is 392 Å². The molecule has 1 rings (SSSR count). The average Bonchev–Trinajstić information content (AvgIpc) is 3.78. The molecule has 376 valence electrons. The fraction of sp³-hybridized carbons (Fsp3) is 0.776. The fourth-order valence-electron chi connectivity index (χ4n) is 7.59. The predicted octanol–water partition coefficient (Wildman–Crippen LogP) is 6.63. The molecule has 0 radical (unpaired) electrons. The second-order valence-corrected chi connectivity index (χ2v) is 18.3. The van der Waals surface area contributed by atoms with Crippen LogP contribution in [0.15, 0.2) is 12.5 Å². The summed E-state index contributed by atoms with van der Waals surface area (Å²) >= 11 is 0. The van der Waals surface area contributed by atoms with Gasteiger partial charge in [0.05, 0.1) is 44.5 Å². The molecule has 0 spiro atoms. The lowest BCUT2D eigenvalue weighted by atomic mass is 9.76. The van der Waals surface area contributed by atoms with Gasteiger partial charge in [-0.25, -0.2) is 4.98 Å². The van der Waals surface area contributed by atoms with Crippen LogP contribution in [0.3, 0.4) is 0 Å². The van der Waals surface area contributed by atoms with Crippen molar-refractivity contribution in [3.63, 3.8) is 0 Å². The number of aliphatic carboxylic acids is 2. The number of hydrogen-bond donors (Lipinski definition) is 6. The summed E-state index contributed by atoms with van der Waals surface area (Å²) in [6.07, 6.45) is 19.8. The van der Waals surface area contributed by atoms with Gasteiger partial charge in [-0.15, -0.1) is 0 Å². The molecule has 0 saturated heterocycles. The average molecular weight is 934 g/mol. The number of ether oxygens (including phenoxy) is 2. The highest BCUT2D eigenvalue weighted by molar-refractivity contribution is 5.95. The maximum atomic E-state index is 13.4. The number of hydrogen-bond acceptors (Lipinski definition) is 12. The number of nitrogens with zero attached hydrogens (tertiary/aromatic N) is 1. The van der Waals surface area contributed by atoms with Gasteiger partial charge in [-0.2, -0.15) is 0 Å². The number of Topliss-reactive ketones (excluding diaryl/α,β-unsaturated/α-hetero) is 4. The number of H-pyrrole nitrogens is 1. The SMILES string of the molecule is CCCCCCCCCCCCCCCC(=O)C[C@@H](CCC(=O)NCCOCCOCC(=O)NCCCC[C@H](CC(=O)C(C)(C)CC(=O)[C@@H](N)Cc1cnc[nH]1)C(=O)CCC(=O)O)C(=O)O. The van der Waals surface area contributed by atoms with Gasteiger partial charge >= 0.3 is 11.9 Å². The quantitative estimate of drug-likeness (QED) is 0.0375. The molecule has 1 aromatic rings. The van der Waals surface area contributed by atoms with Crippen LogP contribution in [0.2, 0.25) is 0 Å². The summed E-state index contributed by atoms with van der Waals surface area (Å²) in [5.41, 5.74) is 5.68. The van der Waals surface area contributed by atoms with E-state index < -0.39 is 35.2 Å². The summed E-state index contributed by atoms with van der Waals surface area (Å²) in [4.78, 5) is 106. The number of carboxylic acid groups (broad SMARTS) is 2. The second-order valence-electron chi connectivity index (χ2n) is 18.3. The number of aromatic nitrogens is 2. The Morgan fingerprint density at radius 2 is 1.30 bits per heavy atom. The molecule has 0 unspecified atom stereocenters. The molecule has 0 fully saturated rings. The molecular formula is C49H83N5O12. The predicted molar refractivity (Wildman–Crippen MR) is 250 cm³/mol. The Balaban J connectivity index is 2.21. The van der Waals surface area contributed by atoms with E-state index in [2.05, 4.69) is 27.5 Å². The van der Waals surface area contributed by atoms with Crippen LogP contribution >= 0.6 is 0 Å². The minimum absolute atomic E-state index is 0.0153. The van der Waals surface area contributed by atoms with Crippen molar-refractivity contribution >= 4 is 46.9 Å². The minimum atomic E-state index is -1.12. The molecule has 2 amide bonds. The smallest absolute Gasteiger partial charge is 0.306 e. The molecule has 17 heteroatoms. The summed E-state index contributed by atoms with van der Waals surface area (Å²) in [7, 11) is 0. The number of carbonyl (C=O) groups is 8. The van der Waals surface area contributed by atoms with Crippen LogP contribution < -0.4 is 16.4 Å². The van der Waals surface area contributed by atoms with E-state index in [0.717, 1.165) is 19.3 Å². The molecule has 17 nitrogen and oxygen atoms in total. The van der Waals surface area contributed by atoms with E-state index >= 15 is 0 Å². The lowest BCUT2D eigenvalue weighted by Crippen LogP contribution is -2.38. The van der Waals surface area contributed by atoms with Crippen LogP contribution in [0, 0.1) is 17.3 Å². The van der Waals surface area contributed by atoms with Crippen molar-refractivity contribution in [2.45, 2.75) is 187 Å². The maximum Gasteiger partial charge on any atom is 0.306 e. The monoisotopic (exact) mass is 934 g/mol. The van der Waals surface area contributed by atoms with Crippen molar-refractivity contribution in [3.05, 3.63) is 18.2 Å². The molecular weight excluding hydrogens is 851 g/mol. The highest BCUT2D eigenvalue weighted by Gasteiger charge is 2.35. The zero-order valence-electron chi connectivity index (χ0n) is 40.3. The zero-order chi connectivity index (χ0) is 49.0. The van der Waals surface area contributed by atoms with E-state index in [9.17, 15) is 43.5 Å². The van der Waals surface area contributed by atoms with Crippen molar-refractivity contribution in [1.82, 2.24) is 20.6 Å². The van der Waals surface area contributed by atoms with Gasteiger partial charge in [0, 0.05) is 81.3 Å². The number of carbonyl (C=O) groups excluding carboxylic acids is 6. The van der Waals surface area contributed by atoms with Crippen LogP contribution in [-0.2, 0) is 54.3 Å². The maximum absolute atomic E-state index is 13.4. The lowest BCUT2D eigenvalue weighted by Gasteiger charge is -2.26. The molecule has 66 heavy (non-hydrogen) atoms. The molecule has 0 aliphatic carbocycles. The van der Waals surface area contributed by atoms with Gasteiger partial charge in [0.15, 0.2) is 5.78 Å². The number of unbranched alkanes of at least 4 members (excludes halogenated alkanes) is 13. The van der Waals surface area contributed by atoms with Gasteiger partial charge in [-0.05, 0) is 25.7 Å². The Bertz CT molecular complexity index is 1570. The molecule has 3 atom stereocenters. The number of nitrogens with one attached hydrogen (secondary N) is 3. The third-order valence-corrected chi connectivity index (χ3v) is 11.8. The van der Waals surface area contributed by atoms with Crippen molar-refractivity contribution in [2.75, 3.05) is 39.5 Å². The third-order valence-electron chi connectivity index (χ3n) is 11.8. The van der Waals surface area contributed by atoms with Gasteiger partial charge < -0.3 is 41.0 Å². The van der Waals surface area contributed by atoms with E-state index in [1.807, 2.05) is 0 Å². The van der Waals surface area contributed by atoms with Crippen LogP contribution in [0.5, 0.6) is 0 Å². The normalized spacial score (nSPS) is 12.8. The summed E-state index contributed by atoms with van der Waals surface area (Å²) in [6.45, 7) is 6.26. The molecule has 0 aromatic carbocycles. The van der Waals surface area contributed by atoms with Crippen LogP contribution in [-0.4, -0.2) is 113 Å². The number of imidazole rings is 1. The first-order valence-corrected chi connectivity index (χ1v) is 24.5. The molecule has 1 heterocycles. The van der Waals surface area contributed by atoms with E-state index in [1.165, 1.54) is 70.5 Å². The topological polar surface area (TPSA) is 274 Å². The van der Waals surface area contributed by atoms with Crippen LogP contribution in [0.25, 0.3) is 0 Å². The number of ketones is 4. The van der Waals surface area contributed by atoms with Crippen molar-refractivity contribution in [3.8, 4) is 0 Å². The van der Waals surface area contributed by atoms with Gasteiger partial charge in [-0.3, -0.25) is 38.4 Å². The number of amides is 2. The van der Waals surface area contributed by atoms with E-state index in [4.69, 9.17) is 20.3 Å². The molecule has 7 N–H and O–H groups in total. The summed E-state index contributed by atoms with van der Waals surface area (Å²) in [6, 6.07) is -0.834. The molecule has 0 bridgehead atoms. The standard InChI is InChI=1S/C49H83N5O12/c1-4-5-6-7-8-9-10-11-12-13-14-15-16-20-40(55)30-38(48(63)64)21-23-45(59)53-26-27-65-28-29-66-35-46(60)52-25-18-17-19-37(42(56)22-24-47(61)62)31-44(58)49(2,3)33-43(57)41(50)32-39-34-51-36-54-39/h34,36-38,41H,4-33,35,50H2,1-3H3,(H,51,54)(H,52,60)(H,53,59)(H,61,62)(H,63,64)/t37-,38-,41+/m1/s1. The summed E-state index contributed by atoms with van der Waals surface area (Å²) in [5, 5.41) is 24.1. The third kappa shape index (κ3) is 30.8. The minimum Gasteiger partial charge on any atom is -0.481 e. The number of nitrogens with two attached hydrogens (primary N) is 1. The first-order valence-electron chi connectivity index (χ1n) is 24.5. The fourth-order valence-corrected chi connectivity index (χ4v) is 7.59. The number of carboxylic acids is 2. The number of rotatable bonds is 45. The molecule has 0 aliphatic rings. The van der Waals surface area contributed by atoms with Crippen molar-refractivity contribution in [2.24, 2.45) is 23.0 Å². The molecule has 0 saturated carbocycles. The Hall–Kier alpha value is -4.35. The van der Waals surface area contributed by atoms with Crippen molar-refractivity contribution < 1.29 is 58.0 Å². The first kappa shape index (κ1) is 59.7. The summed E-state index contributed by atoms with van der Waals surface area (Å²) < 4.78 is 10.8. The number of aromatic amines is 1. The van der Waals surface area contributed by atoms with Gasteiger partial charge in [0.25, 0.3) is 0 Å². The molecule has 0 aliphatic heterocycles. The highest BCUT2D eigenvalue weighted by atomic mass is 16.5. The second kappa shape index (κ2) is 36.7. The van der Waals surface area contributed by atoms with Gasteiger partial charge in [0.1, 0.15) is 24.0 Å². The van der Waals surface area contributed by atoms with E-state index in [0.29, 0.717) is 37.9 Å². The van der Waals surface area contributed by atoms with Crippen LogP contribution in [0.4, 0.5) is 0 Å². The molecule has 1 aromatic heterocycles. The van der Waals surface area contributed by atoms with E-state index in [-0.39, 0.29) is 119 Å². The summed E-state index contributed by atoms with van der Waals surface area (Å²) in [5.74, 6) is -5.51. The Kier molecular flexibility index (Phi) is 33.2. The largest absolute Gasteiger partial charge is 0.481 e. The lowest BCUT2D eigenvalue weighted by molar-refractivity contribution is -0.144. The van der Waals surface area contributed by atoms with Crippen LogP contribution in [0.1, 0.15) is 181 Å².